The van der Waals surface area contributed by atoms with Crippen LogP contribution in [0.1, 0.15) is 63.1 Å². The van der Waals surface area contributed by atoms with Gasteiger partial charge in [0.15, 0.2) is 5.82 Å². The van der Waals surface area contributed by atoms with Crippen LogP contribution in [0.15, 0.2) is 4.52 Å². The Labute approximate surface area is 113 Å². The molecular formula is C14H21N3O2. The van der Waals surface area contributed by atoms with E-state index in [2.05, 4.69) is 15.5 Å². The molecule has 0 bridgehead atoms. The van der Waals surface area contributed by atoms with Gasteiger partial charge >= 0.3 is 0 Å². The van der Waals surface area contributed by atoms with Crippen LogP contribution in [0, 0.1) is 12.8 Å². The molecule has 2 fully saturated rings. The molecule has 3 rings (SSSR count). The van der Waals surface area contributed by atoms with Crippen LogP contribution >= 0.6 is 0 Å². The molecule has 0 radical (unpaired) electrons. The van der Waals surface area contributed by atoms with Gasteiger partial charge in [0.25, 0.3) is 0 Å². The van der Waals surface area contributed by atoms with Crippen LogP contribution in [0.25, 0.3) is 0 Å². The van der Waals surface area contributed by atoms with Crippen molar-refractivity contribution in [3.63, 3.8) is 0 Å². The monoisotopic (exact) mass is 263 g/mol. The van der Waals surface area contributed by atoms with Crippen molar-refractivity contribution < 1.29 is 9.32 Å². The molecule has 5 nitrogen and oxygen atoms in total. The van der Waals surface area contributed by atoms with E-state index in [1.54, 1.807) is 6.92 Å². The molecule has 1 heterocycles. The molecular weight excluding hydrogens is 242 g/mol. The number of nitrogens with zero attached hydrogens (tertiary/aromatic N) is 2. The van der Waals surface area contributed by atoms with E-state index in [0.29, 0.717) is 11.7 Å². The lowest BCUT2D eigenvalue weighted by Gasteiger charge is -2.28. The lowest BCUT2D eigenvalue weighted by molar-refractivity contribution is -0.127. The van der Waals surface area contributed by atoms with E-state index in [-0.39, 0.29) is 17.4 Å². The molecule has 1 amide bonds. The van der Waals surface area contributed by atoms with Gasteiger partial charge < -0.3 is 9.84 Å². The van der Waals surface area contributed by atoms with Gasteiger partial charge in [0.05, 0.1) is 0 Å². The molecule has 0 spiro atoms. The predicted molar refractivity (Wildman–Crippen MR) is 69.3 cm³/mol. The molecule has 0 unspecified atom stereocenters. The molecule has 0 saturated heterocycles. The Morgan fingerprint density at radius 1 is 1.26 bits per heavy atom. The first-order valence-electron chi connectivity index (χ1n) is 7.32. The number of hydrogen-bond acceptors (Lipinski definition) is 4. The number of aryl methyl sites for hydroxylation is 1. The fraction of sp³-hybridized carbons (Fsp3) is 0.786. The standard InChI is InChI=1S/C14H21N3O2/c1-10-15-13(17-19-10)14(8-4-5-9-14)16-12(18)11-6-2-3-7-11/h11H,2-9H2,1H3,(H,16,18). The fourth-order valence-corrected chi connectivity index (χ4v) is 3.40. The van der Waals surface area contributed by atoms with Crippen LogP contribution < -0.4 is 5.32 Å². The fourth-order valence-electron chi connectivity index (χ4n) is 3.40. The Hall–Kier alpha value is -1.39. The summed E-state index contributed by atoms with van der Waals surface area (Å²) >= 11 is 0. The molecule has 1 N–H and O–H groups in total. The summed E-state index contributed by atoms with van der Waals surface area (Å²) in [5.41, 5.74) is -0.378. The number of nitrogens with one attached hydrogen (secondary N) is 1. The zero-order valence-electron chi connectivity index (χ0n) is 11.4. The summed E-state index contributed by atoms with van der Waals surface area (Å²) in [6, 6.07) is 0. The maximum absolute atomic E-state index is 12.4. The van der Waals surface area contributed by atoms with Gasteiger partial charge in [-0.05, 0) is 25.7 Å². The van der Waals surface area contributed by atoms with Crippen LogP contribution in [-0.4, -0.2) is 16.0 Å². The molecule has 1 aromatic rings. The summed E-state index contributed by atoms with van der Waals surface area (Å²) in [5.74, 6) is 1.59. The number of amides is 1. The highest BCUT2D eigenvalue weighted by Gasteiger charge is 2.42. The topological polar surface area (TPSA) is 68.0 Å². The largest absolute Gasteiger partial charge is 0.343 e. The SMILES string of the molecule is Cc1nc(C2(NC(=O)C3CCCC3)CCCC2)no1. The summed E-state index contributed by atoms with van der Waals surface area (Å²) in [4.78, 5) is 16.7. The van der Waals surface area contributed by atoms with Gasteiger partial charge in [0, 0.05) is 12.8 Å². The van der Waals surface area contributed by atoms with Crippen LogP contribution in [0.3, 0.4) is 0 Å². The van der Waals surface area contributed by atoms with Crippen molar-refractivity contribution in [2.45, 2.75) is 63.8 Å². The second-order valence-corrected chi connectivity index (χ2v) is 5.90. The first kappa shape index (κ1) is 12.6. The molecule has 104 valence electrons. The van der Waals surface area contributed by atoms with Gasteiger partial charge in [-0.2, -0.15) is 4.98 Å². The normalized spacial score (nSPS) is 22.8. The van der Waals surface area contributed by atoms with Crippen molar-refractivity contribution >= 4 is 5.91 Å². The molecule has 2 aliphatic carbocycles. The maximum Gasteiger partial charge on any atom is 0.223 e. The molecule has 5 heteroatoms. The summed E-state index contributed by atoms with van der Waals surface area (Å²) in [6.07, 6.45) is 8.45. The lowest BCUT2D eigenvalue weighted by Crippen LogP contribution is -2.46. The first-order chi connectivity index (χ1) is 9.20. The van der Waals surface area contributed by atoms with Gasteiger partial charge in [-0.1, -0.05) is 30.8 Å². The maximum atomic E-state index is 12.4. The van der Waals surface area contributed by atoms with E-state index in [4.69, 9.17) is 4.52 Å². The van der Waals surface area contributed by atoms with Crippen LogP contribution in [0.4, 0.5) is 0 Å². The molecule has 2 saturated carbocycles. The minimum atomic E-state index is -0.378. The Morgan fingerprint density at radius 2 is 1.95 bits per heavy atom. The molecule has 0 aromatic carbocycles. The van der Waals surface area contributed by atoms with Crippen molar-refractivity contribution in [3.8, 4) is 0 Å². The molecule has 0 atom stereocenters. The second-order valence-electron chi connectivity index (χ2n) is 5.90. The quantitative estimate of drug-likeness (QED) is 0.909. The van der Waals surface area contributed by atoms with Gasteiger partial charge in [-0.15, -0.1) is 0 Å². The van der Waals surface area contributed by atoms with Crippen LogP contribution in [0.5, 0.6) is 0 Å². The number of aromatic nitrogens is 2. The minimum absolute atomic E-state index is 0.182. The third kappa shape index (κ3) is 2.38. The highest BCUT2D eigenvalue weighted by molar-refractivity contribution is 5.79. The Balaban J connectivity index is 1.78. The molecule has 19 heavy (non-hydrogen) atoms. The predicted octanol–water partition coefficient (Wildman–Crippen LogP) is 2.45. The Bertz CT molecular complexity index is 457. The van der Waals surface area contributed by atoms with Crippen LogP contribution in [0.2, 0.25) is 0 Å². The average Bonchev–Trinajstić information content (AvgIpc) is 3.08. The van der Waals surface area contributed by atoms with Crippen molar-refractivity contribution in [2.24, 2.45) is 5.92 Å². The lowest BCUT2D eigenvalue weighted by atomic mass is 9.94. The number of rotatable bonds is 3. The third-order valence-corrected chi connectivity index (χ3v) is 4.50. The summed E-state index contributed by atoms with van der Waals surface area (Å²) in [7, 11) is 0. The summed E-state index contributed by atoms with van der Waals surface area (Å²) in [6.45, 7) is 1.79. The van der Waals surface area contributed by atoms with E-state index >= 15 is 0 Å². The van der Waals surface area contributed by atoms with Crippen molar-refractivity contribution in [2.75, 3.05) is 0 Å². The zero-order valence-corrected chi connectivity index (χ0v) is 11.4. The number of hydrogen-bond donors (Lipinski definition) is 1. The minimum Gasteiger partial charge on any atom is -0.343 e. The van der Waals surface area contributed by atoms with Gasteiger partial charge in [-0.25, -0.2) is 0 Å². The Morgan fingerprint density at radius 3 is 2.53 bits per heavy atom. The first-order valence-corrected chi connectivity index (χ1v) is 7.32. The molecule has 0 aliphatic heterocycles. The smallest absolute Gasteiger partial charge is 0.223 e. The highest BCUT2D eigenvalue weighted by atomic mass is 16.5. The van der Waals surface area contributed by atoms with E-state index in [1.807, 2.05) is 0 Å². The number of carbonyl (C=O) groups is 1. The second kappa shape index (κ2) is 4.94. The average molecular weight is 263 g/mol. The third-order valence-electron chi connectivity index (χ3n) is 4.50. The molecule has 1 aromatic heterocycles. The van der Waals surface area contributed by atoms with Crippen molar-refractivity contribution in [1.29, 1.82) is 0 Å². The Kier molecular flexibility index (Phi) is 3.29. The van der Waals surface area contributed by atoms with E-state index in [0.717, 1.165) is 38.5 Å². The van der Waals surface area contributed by atoms with Crippen molar-refractivity contribution in [3.05, 3.63) is 11.7 Å². The van der Waals surface area contributed by atoms with Gasteiger partial charge in [0.2, 0.25) is 11.8 Å². The van der Waals surface area contributed by atoms with E-state index in [1.165, 1.54) is 12.8 Å². The van der Waals surface area contributed by atoms with Gasteiger partial charge in [0.1, 0.15) is 5.54 Å². The van der Waals surface area contributed by atoms with E-state index in [9.17, 15) is 4.79 Å². The van der Waals surface area contributed by atoms with Crippen molar-refractivity contribution in [1.82, 2.24) is 15.5 Å². The van der Waals surface area contributed by atoms with Crippen LogP contribution in [-0.2, 0) is 10.3 Å². The highest BCUT2D eigenvalue weighted by Crippen LogP contribution is 2.38. The summed E-state index contributed by atoms with van der Waals surface area (Å²) < 4.78 is 5.10. The van der Waals surface area contributed by atoms with E-state index < -0.39 is 0 Å². The number of carbonyl (C=O) groups excluding carboxylic acids is 1. The zero-order chi connectivity index (χ0) is 13.3. The van der Waals surface area contributed by atoms with Gasteiger partial charge in [-0.3, -0.25) is 4.79 Å². The summed E-state index contributed by atoms with van der Waals surface area (Å²) in [5, 5.41) is 7.29. The molecule has 2 aliphatic rings.